The van der Waals surface area contributed by atoms with Crippen LogP contribution in [0.15, 0.2) is 12.3 Å². The van der Waals surface area contributed by atoms with Gasteiger partial charge in [-0.3, -0.25) is 4.79 Å². The largest absolute Gasteiger partial charge is 0.288 e. The Balaban J connectivity index is 2.67. The molecule has 0 aliphatic heterocycles. The van der Waals surface area contributed by atoms with E-state index in [2.05, 4.69) is 16.8 Å². The summed E-state index contributed by atoms with van der Waals surface area (Å²) in [5, 5.41) is 0.682. The number of rotatable bonds is 1. The first-order valence-corrected chi connectivity index (χ1v) is 5.70. The van der Waals surface area contributed by atoms with Gasteiger partial charge in [0.1, 0.15) is 5.69 Å². The third-order valence-corrected chi connectivity index (χ3v) is 2.50. The van der Waals surface area contributed by atoms with Gasteiger partial charge in [-0.2, -0.15) is 0 Å². The summed E-state index contributed by atoms with van der Waals surface area (Å²) in [6, 6.07) is 1.82. The van der Waals surface area contributed by atoms with Crippen LogP contribution in [0.2, 0.25) is 5.02 Å². The fraction of sp³-hybridized carbons (Fsp3) is 0.273. The summed E-state index contributed by atoms with van der Waals surface area (Å²) < 4.78 is 0. The first-order chi connectivity index (χ1) is 7.09. The number of hydrogen-bond donors (Lipinski definition) is 0. The molecule has 1 aromatic rings. The van der Waals surface area contributed by atoms with Gasteiger partial charge in [-0.1, -0.05) is 29.3 Å². The number of thioether (sulfide) groups is 1. The van der Waals surface area contributed by atoms with Crippen molar-refractivity contribution in [1.82, 2.24) is 4.98 Å². The topological polar surface area (TPSA) is 30.0 Å². The van der Waals surface area contributed by atoms with Crippen LogP contribution < -0.4 is 0 Å². The number of pyridine rings is 1. The molecule has 4 heteroatoms. The van der Waals surface area contributed by atoms with Crippen LogP contribution in [0.25, 0.3) is 0 Å². The Morgan fingerprint density at radius 3 is 3.00 bits per heavy atom. The summed E-state index contributed by atoms with van der Waals surface area (Å²) in [4.78, 5) is 14.7. The van der Waals surface area contributed by atoms with E-state index in [9.17, 15) is 4.79 Å². The van der Waals surface area contributed by atoms with Crippen molar-refractivity contribution in [1.29, 1.82) is 0 Å². The van der Waals surface area contributed by atoms with Crippen molar-refractivity contribution >= 4 is 28.5 Å². The summed E-state index contributed by atoms with van der Waals surface area (Å²) in [5.74, 6) is 6.28. The molecular weight excluding hydrogens is 230 g/mol. The van der Waals surface area contributed by atoms with Crippen LogP contribution in [0.1, 0.15) is 18.2 Å². The highest BCUT2D eigenvalue weighted by Gasteiger charge is 1.96. The van der Waals surface area contributed by atoms with E-state index in [1.807, 2.05) is 13.0 Å². The molecule has 0 spiro atoms. The first kappa shape index (κ1) is 12.1. The Labute approximate surface area is 98.4 Å². The molecule has 0 atom stereocenters. The monoisotopic (exact) mass is 239 g/mol. The zero-order chi connectivity index (χ0) is 11.3. The lowest BCUT2D eigenvalue weighted by Gasteiger charge is -1.96. The fourth-order valence-electron chi connectivity index (χ4n) is 0.929. The molecule has 1 rings (SSSR count). The van der Waals surface area contributed by atoms with Gasteiger partial charge < -0.3 is 0 Å². The van der Waals surface area contributed by atoms with Crippen LogP contribution in [-0.2, 0) is 4.79 Å². The van der Waals surface area contributed by atoms with Crippen molar-refractivity contribution < 1.29 is 4.79 Å². The Morgan fingerprint density at radius 2 is 2.40 bits per heavy atom. The molecule has 0 saturated carbocycles. The summed E-state index contributed by atoms with van der Waals surface area (Å²) in [7, 11) is 0. The summed E-state index contributed by atoms with van der Waals surface area (Å²) in [5.41, 5.74) is 1.66. The maximum Gasteiger partial charge on any atom is 0.186 e. The summed E-state index contributed by atoms with van der Waals surface area (Å²) in [6.07, 6.45) is 1.57. The highest BCUT2D eigenvalue weighted by Crippen LogP contribution is 2.11. The van der Waals surface area contributed by atoms with Crippen molar-refractivity contribution in [3.8, 4) is 11.8 Å². The van der Waals surface area contributed by atoms with Crippen LogP contribution in [0, 0.1) is 18.8 Å². The SMILES string of the molecule is CC(=O)SCC#Cc1ncc(Cl)cc1C. The van der Waals surface area contributed by atoms with Gasteiger partial charge in [-0.25, -0.2) is 4.98 Å². The standard InChI is InChI=1S/C11H10ClNOS/c1-8-6-10(12)7-13-11(8)4-3-5-15-9(2)14/h6-7H,5H2,1-2H3. The van der Waals surface area contributed by atoms with Gasteiger partial charge in [-0.15, -0.1) is 0 Å². The van der Waals surface area contributed by atoms with Crippen LogP contribution in [0.3, 0.4) is 0 Å². The minimum atomic E-state index is 0.0742. The van der Waals surface area contributed by atoms with Gasteiger partial charge in [0.25, 0.3) is 0 Å². The maximum atomic E-state index is 10.6. The Kier molecular flexibility index (Phi) is 4.67. The molecule has 0 amide bonds. The summed E-state index contributed by atoms with van der Waals surface area (Å²) in [6.45, 7) is 3.43. The zero-order valence-corrected chi connectivity index (χ0v) is 10.1. The number of carbonyl (C=O) groups is 1. The van der Waals surface area contributed by atoms with E-state index in [0.717, 1.165) is 5.56 Å². The van der Waals surface area contributed by atoms with Gasteiger partial charge in [-0.05, 0) is 24.5 Å². The first-order valence-electron chi connectivity index (χ1n) is 4.34. The van der Waals surface area contributed by atoms with Crippen molar-refractivity contribution in [3.05, 3.63) is 28.5 Å². The van der Waals surface area contributed by atoms with E-state index in [1.54, 1.807) is 6.20 Å². The van der Waals surface area contributed by atoms with Gasteiger partial charge >= 0.3 is 0 Å². The second kappa shape index (κ2) is 5.79. The molecule has 15 heavy (non-hydrogen) atoms. The van der Waals surface area contributed by atoms with E-state index in [-0.39, 0.29) is 5.12 Å². The number of aromatic nitrogens is 1. The molecule has 2 nitrogen and oxygen atoms in total. The van der Waals surface area contributed by atoms with Gasteiger partial charge in [0.05, 0.1) is 10.8 Å². The Morgan fingerprint density at radius 1 is 1.67 bits per heavy atom. The van der Waals surface area contributed by atoms with Crippen molar-refractivity contribution in [3.63, 3.8) is 0 Å². The second-order valence-corrected chi connectivity index (χ2v) is 4.49. The zero-order valence-electron chi connectivity index (χ0n) is 8.50. The third kappa shape index (κ3) is 4.37. The molecule has 0 aliphatic carbocycles. The molecule has 0 aromatic carbocycles. The van der Waals surface area contributed by atoms with Crippen molar-refractivity contribution in [2.75, 3.05) is 5.75 Å². The van der Waals surface area contributed by atoms with Crippen molar-refractivity contribution in [2.45, 2.75) is 13.8 Å². The van der Waals surface area contributed by atoms with E-state index in [1.165, 1.54) is 18.7 Å². The van der Waals surface area contributed by atoms with Gasteiger partial charge in [0.2, 0.25) is 0 Å². The van der Waals surface area contributed by atoms with Gasteiger partial charge in [0.15, 0.2) is 5.12 Å². The predicted molar refractivity (Wildman–Crippen MR) is 64.0 cm³/mol. The predicted octanol–water partition coefficient (Wildman–Crippen LogP) is 2.67. The van der Waals surface area contributed by atoms with Crippen LogP contribution in [0.5, 0.6) is 0 Å². The van der Waals surface area contributed by atoms with E-state index >= 15 is 0 Å². The third-order valence-electron chi connectivity index (χ3n) is 1.60. The molecule has 0 saturated heterocycles. The molecule has 1 aromatic heterocycles. The molecular formula is C11H10ClNOS. The summed E-state index contributed by atoms with van der Waals surface area (Å²) >= 11 is 6.95. The molecule has 78 valence electrons. The molecule has 0 radical (unpaired) electrons. The second-order valence-electron chi connectivity index (χ2n) is 2.90. The number of hydrogen-bond acceptors (Lipinski definition) is 3. The lowest BCUT2D eigenvalue weighted by molar-refractivity contribution is -0.109. The van der Waals surface area contributed by atoms with E-state index in [0.29, 0.717) is 16.5 Å². The molecule has 0 unspecified atom stereocenters. The quantitative estimate of drug-likeness (QED) is 0.706. The minimum absolute atomic E-state index is 0.0742. The average molecular weight is 240 g/mol. The van der Waals surface area contributed by atoms with Crippen LogP contribution in [0.4, 0.5) is 0 Å². The Hall–Kier alpha value is -0.980. The highest BCUT2D eigenvalue weighted by atomic mass is 35.5. The number of aryl methyl sites for hydroxylation is 1. The van der Waals surface area contributed by atoms with E-state index < -0.39 is 0 Å². The molecule has 1 heterocycles. The van der Waals surface area contributed by atoms with Crippen LogP contribution >= 0.6 is 23.4 Å². The van der Waals surface area contributed by atoms with Crippen LogP contribution in [-0.4, -0.2) is 15.9 Å². The van der Waals surface area contributed by atoms with Crippen molar-refractivity contribution in [2.24, 2.45) is 0 Å². The van der Waals surface area contributed by atoms with E-state index in [4.69, 9.17) is 11.6 Å². The molecule has 0 N–H and O–H groups in total. The number of nitrogens with zero attached hydrogens (tertiary/aromatic N) is 1. The lowest BCUT2D eigenvalue weighted by atomic mass is 10.2. The molecule has 0 bridgehead atoms. The average Bonchev–Trinajstić information content (AvgIpc) is 2.14. The normalized spacial score (nSPS) is 9.27. The number of carbonyl (C=O) groups excluding carboxylic acids is 1. The number of halogens is 1. The minimum Gasteiger partial charge on any atom is -0.288 e. The smallest absolute Gasteiger partial charge is 0.186 e. The maximum absolute atomic E-state index is 10.6. The molecule has 0 fully saturated rings. The Bertz CT molecular complexity index is 434. The van der Waals surface area contributed by atoms with Gasteiger partial charge in [0, 0.05) is 13.1 Å². The fourth-order valence-corrected chi connectivity index (χ4v) is 1.49. The highest BCUT2D eigenvalue weighted by molar-refractivity contribution is 8.13. The molecule has 0 aliphatic rings. The lowest BCUT2D eigenvalue weighted by Crippen LogP contribution is -1.88.